The first-order valence-corrected chi connectivity index (χ1v) is 9.27. The minimum absolute atomic E-state index is 0.247. The third-order valence-electron chi connectivity index (χ3n) is 4.79. The first-order chi connectivity index (χ1) is 13.3. The number of rotatable bonds is 6. The van der Waals surface area contributed by atoms with E-state index in [0.29, 0.717) is 6.54 Å². The number of aromatic nitrogens is 2. The molecule has 5 heteroatoms. The summed E-state index contributed by atoms with van der Waals surface area (Å²) in [5.74, 6) is -0.247. The highest BCUT2D eigenvalue weighted by atomic mass is 19.1. The van der Waals surface area contributed by atoms with Gasteiger partial charge in [-0.15, -0.1) is 0 Å². The van der Waals surface area contributed by atoms with Crippen molar-refractivity contribution in [1.29, 1.82) is 0 Å². The van der Waals surface area contributed by atoms with Gasteiger partial charge in [0, 0.05) is 49.4 Å². The van der Waals surface area contributed by atoms with E-state index in [0.717, 1.165) is 53.9 Å². The molecular weight excluding hydrogens is 341 g/mol. The highest BCUT2D eigenvalue weighted by Gasteiger charge is 2.15. The molecule has 138 valence electrons. The predicted octanol–water partition coefficient (Wildman–Crippen LogP) is 4.22. The number of pyridine rings is 2. The van der Waals surface area contributed by atoms with Gasteiger partial charge in [0.25, 0.3) is 0 Å². The first kappa shape index (κ1) is 17.8. The number of benzene rings is 1. The molecule has 0 radical (unpaired) electrons. The van der Waals surface area contributed by atoms with Crippen LogP contribution in [0.15, 0.2) is 61.1 Å². The minimum atomic E-state index is -0.247. The number of halogens is 1. The molecule has 0 amide bonds. The van der Waals surface area contributed by atoms with E-state index in [2.05, 4.69) is 21.4 Å². The fourth-order valence-electron chi connectivity index (χ4n) is 3.41. The van der Waals surface area contributed by atoms with Crippen molar-refractivity contribution >= 4 is 0 Å². The molecule has 1 N–H and O–H groups in total. The van der Waals surface area contributed by atoms with Gasteiger partial charge in [-0.05, 0) is 54.3 Å². The fraction of sp³-hybridized carbons (Fsp3) is 0.273. The van der Waals surface area contributed by atoms with Crippen LogP contribution in [-0.2, 0) is 11.3 Å². The van der Waals surface area contributed by atoms with Gasteiger partial charge < -0.3 is 10.1 Å². The summed E-state index contributed by atoms with van der Waals surface area (Å²) < 4.78 is 19.3. The first-order valence-electron chi connectivity index (χ1n) is 9.27. The normalized spacial score (nSPS) is 16.6. The summed E-state index contributed by atoms with van der Waals surface area (Å²) in [6.07, 6.45) is 7.85. The lowest BCUT2D eigenvalue weighted by Crippen LogP contribution is -2.26. The number of ether oxygens (including phenoxy) is 1. The predicted molar refractivity (Wildman–Crippen MR) is 104 cm³/mol. The maximum Gasteiger partial charge on any atom is 0.123 e. The van der Waals surface area contributed by atoms with E-state index < -0.39 is 0 Å². The zero-order chi connectivity index (χ0) is 18.5. The molecule has 4 rings (SSSR count). The third-order valence-corrected chi connectivity index (χ3v) is 4.79. The van der Waals surface area contributed by atoms with Gasteiger partial charge in [-0.3, -0.25) is 9.97 Å². The Hall–Kier alpha value is -2.63. The molecule has 2 aromatic heterocycles. The summed E-state index contributed by atoms with van der Waals surface area (Å²) in [7, 11) is 0. The smallest absolute Gasteiger partial charge is 0.123 e. The SMILES string of the molecule is Fc1cccc(-c2cnc(-c3ccncc3)c(CNC[C@H]3CCCO3)c2)c1. The molecule has 0 saturated carbocycles. The molecule has 1 saturated heterocycles. The van der Waals surface area contributed by atoms with E-state index in [-0.39, 0.29) is 11.9 Å². The molecule has 27 heavy (non-hydrogen) atoms. The van der Waals surface area contributed by atoms with Gasteiger partial charge in [-0.2, -0.15) is 0 Å². The van der Waals surface area contributed by atoms with E-state index in [1.807, 2.05) is 18.2 Å². The number of hydrogen-bond donors (Lipinski definition) is 1. The van der Waals surface area contributed by atoms with Gasteiger partial charge in [-0.25, -0.2) is 4.39 Å². The van der Waals surface area contributed by atoms with Crippen molar-refractivity contribution in [3.63, 3.8) is 0 Å². The number of nitrogens with one attached hydrogen (secondary N) is 1. The van der Waals surface area contributed by atoms with Gasteiger partial charge in [0.05, 0.1) is 11.8 Å². The maximum absolute atomic E-state index is 13.6. The van der Waals surface area contributed by atoms with Gasteiger partial charge in [-0.1, -0.05) is 12.1 Å². The van der Waals surface area contributed by atoms with Crippen LogP contribution in [0.5, 0.6) is 0 Å². The Balaban J connectivity index is 1.62. The van der Waals surface area contributed by atoms with E-state index in [4.69, 9.17) is 4.74 Å². The van der Waals surface area contributed by atoms with Crippen LogP contribution in [0.3, 0.4) is 0 Å². The van der Waals surface area contributed by atoms with Crippen molar-refractivity contribution in [3.8, 4) is 22.4 Å². The monoisotopic (exact) mass is 363 g/mol. The lowest BCUT2D eigenvalue weighted by Gasteiger charge is -2.14. The summed E-state index contributed by atoms with van der Waals surface area (Å²) in [4.78, 5) is 8.77. The van der Waals surface area contributed by atoms with Crippen LogP contribution in [0.1, 0.15) is 18.4 Å². The third kappa shape index (κ3) is 4.38. The van der Waals surface area contributed by atoms with Crippen LogP contribution >= 0.6 is 0 Å². The molecule has 3 heterocycles. The van der Waals surface area contributed by atoms with Crippen molar-refractivity contribution in [3.05, 3.63) is 72.4 Å². The highest BCUT2D eigenvalue weighted by Crippen LogP contribution is 2.27. The molecule has 1 aliphatic heterocycles. The van der Waals surface area contributed by atoms with Gasteiger partial charge in [0.15, 0.2) is 0 Å². The molecule has 1 atom stereocenters. The van der Waals surface area contributed by atoms with Crippen molar-refractivity contribution in [2.75, 3.05) is 13.2 Å². The Kier molecular flexibility index (Phi) is 5.51. The molecule has 3 aromatic rings. The van der Waals surface area contributed by atoms with Crippen LogP contribution in [0.25, 0.3) is 22.4 Å². The summed E-state index contributed by atoms with van der Waals surface area (Å²) in [5, 5.41) is 3.49. The fourth-order valence-corrected chi connectivity index (χ4v) is 3.41. The van der Waals surface area contributed by atoms with Crippen LogP contribution in [0.2, 0.25) is 0 Å². The van der Waals surface area contributed by atoms with Crippen LogP contribution in [0.4, 0.5) is 4.39 Å². The zero-order valence-electron chi connectivity index (χ0n) is 15.1. The molecule has 1 aromatic carbocycles. The topological polar surface area (TPSA) is 47.0 Å². The van der Waals surface area contributed by atoms with Gasteiger partial charge >= 0.3 is 0 Å². The van der Waals surface area contributed by atoms with Crippen LogP contribution < -0.4 is 5.32 Å². The molecule has 0 aliphatic carbocycles. The quantitative estimate of drug-likeness (QED) is 0.712. The van der Waals surface area contributed by atoms with Gasteiger partial charge in [0.2, 0.25) is 0 Å². The zero-order valence-corrected chi connectivity index (χ0v) is 15.1. The Morgan fingerprint density at radius 2 is 1.96 bits per heavy atom. The minimum Gasteiger partial charge on any atom is -0.377 e. The van der Waals surface area contributed by atoms with Crippen LogP contribution in [-0.4, -0.2) is 29.2 Å². The second-order valence-corrected chi connectivity index (χ2v) is 6.74. The van der Waals surface area contributed by atoms with Crippen LogP contribution in [0, 0.1) is 5.82 Å². The standard InChI is InChI=1S/C22H22FN3O/c23-20-4-1-3-17(12-20)18-11-19(13-25-15-21-5-2-10-27-21)22(26-14-18)16-6-8-24-9-7-16/h1,3-4,6-9,11-12,14,21,25H,2,5,10,13,15H2/t21-/m1/s1. The molecule has 0 spiro atoms. The van der Waals surface area contributed by atoms with E-state index in [9.17, 15) is 4.39 Å². The Morgan fingerprint density at radius 1 is 1.07 bits per heavy atom. The molecule has 0 unspecified atom stereocenters. The Morgan fingerprint density at radius 3 is 2.74 bits per heavy atom. The van der Waals surface area contributed by atoms with Crippen molar-refractivity contribution in [2.45, 2.75) is 25.5 Å². The molecule has 1 aliphatic rings. The summed E-state index contributed by atoms with van der Waals surface area (Å²) in [6, 6.07) is 12.6. The lowest BCUT2D eigenvalue weighted by molar-refractivity contribution is 0.110. The second kappa shape index (κ2) is 8.37. The largest absolute Gasteiger partial charge is 0.377 e. The number of nitrogens with zero attached hydrogens (tertiary/aromatic N) is 2. The van der Waals surface area contributed by atoms with E-state index in [1.54, 1.807) is 24.7 Å². The Bertz CT molecular complexity index is 895. The molecule has 0 bridgehead atoms. The number of hydrogen-bond acceptors (Lipinski definition) is 4. The molecular formula is C22H22FN3O. The summed E-state index contributed by atoms with van der Waals surface area (Å²) in [6.45, 7) is 2.35. The highest BCUT2D eigenvalue weighted by molar-refractivity contribution is 5.69. The molecule has 1 fully saturated rings. The molecule has 4 nitrogen and oxygen atoms in total. The van der Waals surface area contributed by atoms with Gasteiger partial charge in [0.1, 0.15) is 5.82 Å². The van der Waals surface area contributed by atoms with Crippen molar-refractivity contribution < 1.29 is 9.13 Å². The maximum atomic E-state index is 13.6. The second-order valence-electron chi connectivity index (χ2n) is 6.74. The Labute approximate surface area is 158 Å². The van der Waals surface area contributed by atoms with E-state index >= 15 is 0 Å². The lowest BCUT2D eigenvalue weighted by atomic mass is 10.0. The average molecular weight is 363 g/mol. The van der Waals surface area contributed by atoms with Crippen molar-refractivity contribution in [1.82, 2.24) is 15.3 Å². The average Bonchev–Trinajstić information content (AvgIpc) is 3.22. The van der Waals surface area contributed by atoms with E-state index in [1.165, 1.54) is 12.1 Å². The van der Waals surface area contributed by atoms with Crippen molar-refractivity contribution in [2.24, 2.45) is 0 Å². The summed E-state index contributed by atoms with van der Waals surface area (Å²) in [5.41, 5.74) is 4.73. The summed E-state index contributed by atoms with van der Waals surface area (Å²) >= 11 is 0.